The number of carbonyl (C=O) groups excluding carboxylic acids is 2. The number of aryl methyl sites for hydroxylation is 4. The molecule has 106 heavy (non-hydrogen) atoms. The van der Waals surface area contributed by atoms with E-state index in [1.807, 2.05) is 111 Å². The third kappa shape index (κ3) is 18.8. The molecule has 0 saturated carbocycles. The number of hydrogen-bond acceptors (Lipinski definition) is 12. The van der Waals surface area contributed by atoms with Crippen LogP contribution in [0.1, 0.15) is 64.3 Å². The van der Waals surface area contributed by atoms with Gasteiger partial charge in [-0.1, -0.05) is 237 Å². The molecule has 11 rings (SSSR count). The Morgan fingerprint density at radius 2 is 0.689 bits per heavy atom. The number of hydrogen-bond donors (Lipinski definition) is 0. The van der Waals surface area contributed by atoms with Gasteiger partial charge in [0.15, 0.2) is 25.0 Å². The highest BCUT2D eigenvalue weighted by molar-refractivity contribution is 7.03. The Bertz CT molecular complexity index is 4540. The second kappa shape index (κ2) is 33.0. The summed E-state index contributed by atoms with van der Waals surface area (Å²) >= 11 is 0. The Kier molecular flexibility index (Phi) is 24.7. The Balaban J connectivity index is 0.839. The van der Waals surface area contributed by atoms with Crippen molar-refractivity contribution in [3.05, 3.63) is 299 Å². The van der Waals surface area contributed by atoms with Gasteiger partial charge in [0, 0.05) is 0 Å². The van der Waals surface area contributed by atoms with Crippen molar-refractivity contribution in [3.8, 4) is 34.1 Å². The molecular weight excluding hydrogens is 1450 g/mol. The molecule has 0 aliphatic heterocycles. The molecule has 552 valence electrons. The average Bonchev–Trinajstić information content (AvgIpc) is 1.53. The molecular formula is C86H104O12Si8. The first-order valence-corrected chi connectivity index (χ1v) is 59.2. The maximum absolute atomic E-state index is 14.5. The predicted octanol–water partition coefficient (Wildman–Crippen LogP) is 20.2. The third-order valence-corrected chi connectivity index (χ3v) is 49.2. The molecule has 0 spiro atoms. The van der Waals surface area contributed by atoms with Gasteiger partial charge in [-0.2, -0.15) is 0 Å². The van der Waals surface area contributed by atoms with Gasteiger partial charge in [-0.3, -0.25) is 0 Å². The van der Waals surface area contributed by atoms with E-state index in [-0.39, 0.29) is 0 Å². The average molecular weight is 1550 g/mol. The summed E-state index contributed by atoms with van der Waals surface area (Å²) in [5.41, 5.74) is 7.98. The van der Waals surface area contributed by atoms with Crippen LogP contribution in [-0.2, 0) is 42.9 Å². The van der Waals surface area contributed by atoms with Crippen LogP contribution in [0.4, 0.5) is 9.59 Å². The van der Waals surface area contributed by atoms with Gasteiger partial charge in [-0.05, 0) is 243 Å². The lowest BCUT2D eigenvalue weighted by molar-refractivity contribution is 0.150. The zero-order valence-corrected chi connectivity index (χ0v) is 72.6. The zero-order chi connectivity index (χ0) is 75.8. The van der Waals surface area contributed by atoms with E-state index in [0.717, 1.165) is 72.1 Å². The van der Waals surface area contributed by atoms with E-state index in [1.54, 1.807) is 0 Å². The lowest BCUT2D eigenvalue weighted by Gasteiger charge is -2.44. The van der Waals surface area contributed by atoms with Gasteiger partial charge in [-0.15, -0.1) is 0 Å². The largest absolute Gasteiger partial charge is 0.519 e. The van der Waals surface area contributed by atoms with E-state index in [9.17, 15) is 9.59 Å². The van der Waals surface area contributed by atoms with Crippen molar-refractivity contribution < 1.29 is 53.2 Å². The summed E-state index contributed by atoms with van der Waals surface area (Å²) in [6, 6.07) is 88.6. The fraction of sp³-hybridized carbons (Fsp3) is 0.279. The molecule has 1 aliphatic carbocycles. The second-order valence-electron chi connectivity index (χ2n) is 31.5. The van der Waals surface area contributed by atoms with Crippen LogP contribution in [0.15, 0.2) is 255 Å². The summed E-state index contributed by atoms with van der Waals surface area (Å²) < 4.78 is 69.8. The highest BCUT2D eigenvalue weighted by Gasteiger charge is 2.54. The summed E-state index contributed by atoms with van der Waals surface area (Å²) in [6.07, 6.45) is 0.852. The molecule has 2 unspecified atom stereocenters. The van der Waals surface area contributed by atoms with Gasteiger partial charge in [-0.25, -0.2) is 9.59 Å². The number of ether oxygens (including phenoxy) is 4. The van der Waals surface area contributed by atoms with Gasteiger partial charge in [0.25, 0.3) is 0 Å². The van der Waals surface area contributed by atoms with Crippen LogP contribution in [0, 0.1) is 13.8 Å². The molecule has 2 atom stereocenters. The predicted molar refractivity (Wildman–Crippen MR) is 449 cm³/mol. The van der Waals surface area contributed by atoms with E-state index in [0.29, 0.717) is 60.8 Å². The Hall–Kier alpha value is -7.76. The van der Waals surface area contributed by atoms with Gasteiger partial charge < -0.3 is 43.6 Å². The van der Waals surface area contributed by atoms with E-state index in [1.165, 1.54) is 10.4 Å². The van der Waals surface area contributed by atoms with Crippen LogP contribution >= 0.6 is 0 Å². The molecule has 0 aromatic heterocycles. The normalized spacial score (nSPS) is 14.3. The van der Waals surface area contributed by atoms with Crippen molar-refractivity contribution in [3.63, 3.8) is 0 Å². The molecule has 0 fully saturated rings. The summed E-state index contributed by atoms with van der Waals surface area (Å²) in [5, 5.41) is 4.52. The van der Waals surface area contributed by atoms with Gasteiger partial charge >= 0.3 is 46.6 Å². The van der Waals surface area contributed by atoms with Crippen LogP contribution in [0.3, 0.4) is 0 Å². The number of fused-ring (bicyclic) bond motifs is 3. The van der Waals surface area contributed by atoms with Crippen molar-refractivity contribution in [1.82, 2.24) is 0 Å². The number of carbonyl (C=O) groups is 2. The molecule has 0 bridgehead atoms. The first-order chi connectivity index (χ1) is 50.3. The monoisotopic (exact) mass is 1550 g/mol. The molecule has 0 saturated heterocycles. The van der Waals surface area contributed by atoms with Crippen molar-refractivity contribution >= 4 is 101 Å². The first kappa shape index (κ1) is 79.3. The SMILES string of the molecule is CC[Si](O[Si](C)(CCCc1ccccc1OC(=O)Oc1cc(C2(c3ccc(C)c(OC(=O)Oc4ccccc4CCC[Si](C)(O[Si](C)(C)C)O[Si](O[Si](C)(C)C)(c4ccccc4)c4ccccc4)c3)c3ccccc3-c3ccccc32)ccc1C)O[Si](C)(C)O[Si](C)(C)C)(c1ccccc1)c1ccccc1. The third-order valence-electron chi connectivity index (χ3n) is 19.1. The van der Waals surface area contributed by atoms with Gasteiger partial charge in [0.1, 0.15) is 23.0 Å². The van der Waals surface area contributed by atoms with E-state index in [4.69, 9.17) is 43.6 Å². The minimum atomic E-state index is -3.34. The topological polar surface area (TPSA) is 126 Å². The molecule has 12 nitrogen and oxygen atoms in total. The maximum atomic E-state index is 14.5. The van der Waals surface area contributed by atoms with Crippen molar-refractivity contribution in [2.24, 2.45) is 0 Å². The fourth-order valence-electron chi connectivity index (χ4n) is 15.3. The smallest absolute Gasteiger partial charge is 0.437 e. The summed E-state index contributed by atoms with van der Waals surface area (Å²) in [4.78, 5) is 29.0. The highest BCUT2D eigenvalue weighted by Crippen LogP contribution is 2.57. The van der Waals surface area contributed by atoms with Crippen LogP contribution in [0.5, 0.6) is 23.0 Å². The lowest BCUT2D eigenvalue weighted by atomic mass is 9.67. The number of benzene rings is 10. The van der Waals surface area contributed by atoms with E-state index in [2.05, 4.69) is 250 Å². The van der Waals surface area contributed by atoms with Crippen molar-refractivity contribution in [2.45, 2.75) is 155 Å². The quantitative estimate of drug-likeness (QED) is 0.0233. The Morgan fingerprint density at radius 3 is 1.08 bits per heavy atom. The molecule has 0 heterocycles. The van der Waals surface area contributed by atoms with Gasteiger partial charge in [0.05, 0.1) is 5.41 Å². The number of rotatable bonds is 31. The standard InChI is InChI=1S/C86H104O12Si8/c1-17-105(72-44-22-18-23-45-72,73-46-24-19-25-47-73)97-104(16,96-102(13,14)93-99(4,5)6)63-39-43-69-41-31-37-57-81(69)90-85(88)92-83-65-71(61-59-67(83)3)86(78-54-34-32-52-76(78)77-53-33-35-55-79(77)86)70-60-58-66(2)82(64-70)91-84(87)89-80-56-36-30-40-68(80)42-38-62-103(15,94-100(7,8)9)98-106(95-101(10,11)12,74-48-26-20-27-49-74)75-50-28-21-29-51-75/h18-37,40-41,44-61,64-65H,17,38-39,42-43,62-63H2,1-16H3. The van der Waals surface area contributed by atoms with Gasteiger partial charge in [0.2, 0.25) is 8.32 Å². The van der Waals surface area contributed by atoms with Crippen LogP contribution in [0.25, 0.3) is 11.1 Å². The Morgan fingerprint density at radius 1 is 0.340 bits per heavy atom. The minimum absolute atomic E-state index is 0.337. The highest BCUT2D eigenvalue weighted by atomic mass is 28.5. The molecule has 20 heteroatoms. The van der Waals surface area contributed by atoms with Crippen molar-refractivity contribution in [1.29, 1.82) is 0 Å². The lowest BCUT2D eigenvalue weighted by Crippen LogP contribution is -2.71. The number of para-hydroxylation sites is 2. The molecule has 10 aromatic carbocycles. The van der Waals surface area contributed by atoms with Crippen LogP contribution in [0.2, 0.25) is 103 Å². The molecule has 0 radical (unpaired) electrons. The maximum Gasteiger partial charge on any atom is 0.519 e. The molecule has 0 N–H and O–H groups in total. The van der Waals surface area contributed by atoms with E-state index < -0.39 is 85.2 Å². The Labute approximate surface area is 637 Å². The molecule has 0 amide bonds. The second-order valence-corrected chi connectivity index (χ2v) is 63.3. The molecule has 1 aliphatic rings. The molecule has 10 aromatic rings. The summed E-state index contributed by atoms with van der Waals surface area (Å²) in [7, 11) is -21.4. The van der Waals surface area contributed by atoms with E-state index >= 15 is 0 Å². The zero-order valence-electron chi connectivity index (χ0n) is 64.6. The van der Waals surface area contributed by atoms with Crippen LogP contribution < -0.4 is 39.7 Å². The van der Waals surface area contributed by atoms with Crippen molar-refractivity contribution in [2.75, 3.05) is 0 Å². The van der Waals surface area contributed by atoms with Crippen LogP contribution in [-0.4, -0.2) is 79.8 Å². The summed E-state index contributed by atoms with van der Waals surface area (Å²) in [6.45, 7) is 34.8. The minimum Gasteiger partial charge on any atom is -0.437 e. The summed E-state index contributed by atoms with van der Waals surface area (Å²) in [5.74, 6) is 1.50. The fourth-order valence-corrected chi connectivity index (χ4v) is 52.4. The first-order valence-electron chi connectivity index (χ1n) is 37.1.